The Kier molecular flexibility index (Phi) is 7.24. The number of methoxy groups -OCH3 is 1. The van der Waals surface area contributed by atoms with Gasteiger partial charge in [-0.2, -0.15) is 0 Å². The summed E-state index contributed by atoms with van der Waals surface area (Å²) < 4.78 is 9.69. The van der Waals surface area contributed by atoms with Gasteiger partial charge in [0.05, 0.1) is 12.7 Å². The maximum Gasteiger partial charge on any atom is 0.407 e. The fraction of sp³-hybridized carbons (Fsp3) is 0.200. The van der Waals surface area contributed by atoms with E-state index >= 15 is 0 Å². The molecule has 0 unspecified atom stereocenters. The third kappa shape index (κ3) is 5.98. The largest absolute Gasteiger partial charge is 0.507 e. The summed E-state index contributed by atoms with van der Waals surface area (Å²) in [5, 5.41) is 12.6. The lowest BCUT2D eigenvalue weighted by atomic mass is 10.1. The number of phenols is 1. The van der Waals surface area contributed by atoms with Gasteiger partial charge >= 0.3 is 12.1 Å². The second-order valence-corrected chi connectivity index (χ2v) is 5.44. The molecule has 0 aliphatic heterocycles. The van der Waals surface area contributed by atoms with Crippen molar-refractivity contribution in [2.24, 2.45) is 0 Å². The number of hydrogen-bond donors (Lipinski definition) is 2. The van der Waals surface area contributed by atoms with Gasteiger partial charge in [-0.3, -0.25) is 0 Å². The van der Waals surface area contributed by atoms with Gasteiger partial charge in [-0.05, 0) is 24.1 Å². The molecule has 0 bridgehead atoms. The number of benzene rings is 2. The summed E-state index contributed by atoms with van der Waals surface area (Å²) in [6, 6.07) is 14.0. The number of carbonyl (C=O) groups is 2. The second-order valence-electron chi connectivity index (χ2n) is 5.44. The summed E-state index contributed by atoms with van der Waals surface area (Å²) in [7, 11) is 1.28. The van der Waals surface area contributed by atoms with Crippen molar-refractivity contribution < 1.29 is 24.2 Å². The van der Waals surface area contributed by atoms with E-state index in [4.69, 9.17) is 4.74 Å². The van der Waals surface area contributed by atoms with E-state index in [0.29, 0.717) is 18.5 Å². The monoisotopic (exact) mass is 355 g/mol. The molecule has 6 nitrogen and oxygen atoms in total. The maximum absolute atomic E-state index is 11.6. The Morgan fingerprint density at radius 3 is 2.62 bits per heavy atom. The van der Waals surface area contributed by atoms with Gasteiger partial charge in [0.25, 0.3) is 0 Å². The maximum atomic E-state index is 11.6. The number of amides is 1. The molecule has 0 aromatic heterocycles. The van der Waals surface area contributed by atoms with Crippen LogP contribution in [0.4, 0.5) is 4.79 Å². The van der Waals surface area contributed by atoms with Gasteiger partial charge in [0.15, 0.2) is 0 Å². The zero-order valence-corrected chi connectivity index (χ0v) is 14.5. The molecule has 0 radical (unpaired) electrons. The standard InChI is InChI=1S/C20H21NO5/c1-25-19(23)17-11-10-16(18(22)13-17)9-5-6-12-21-20(24)26-14-15-7-3-2-4-8-15/h2-5,7-11,13,22H,6,12,14H2,1H3,(H,21,24). The fourth-order valence-corrected chi connectivity index (χ4v) is 2.17. The Bertz CT molecular complexity index is 771. The van der Waals surface area contributed by atoms with E-state index in [1.165, 1.54) is 13.2 Å². The van der Waals surface area contributed by atoms with Crippen molar-refractivity contribution in [1.29, 1.82) is 0 Å². The number of phenolic OH excluding ortho intramolecular Hbond substituents is 1. The predicted octanol–water partition coefficient (Wildman–Crippen LogP) is 3.51. The number of nitrogens with one attached hydrogen (secondary N) is 1. The SMILES string of the molecule is COC(=O)c1ccc(C=CCCNC(=O)OCc2ccccc2)c(O)c1. The number of esters is 1. The van der Waals surface area contributed by atoms with E-state index in [9.17, 15) is 14.7 Å². The summed E-state index contributed by atoms with van der Waals surface area (Å²) in [4.78, 5) is 23.0. The first kappa shape index (κ1) is 19.1. The number of carbonyl (C=O) groups excluding carboxylic acids is 2. The van der Waals surface area contributed by atoms with Crippen LogP contribution in [-0.4, -0.2) is 30.8 Å². The molecule has 2 aromatic carbocycles. The molecule has 26 heavy (non-hydrogen) atoms. The molecule has 6 heteroatoms. The topological polar surface area (TPSA) is 84.9 Å². The highest BCUT2D eigenvalue weighted by molar-refractivity contribution is 5.90. The number of alkyl carbamates (subject to hydrolysis) is 1. The average Bonchev–Trinajstić information content (AvgIpc) is 2.67. The highest BCUT2D eigenvalue weighted by Crippen LogP contribution is 2.20. The quantitative estimate of drug-likeness (QED) is 0.586. The van der Waals surface area contributed by atoms with Crippen LogP contribution in [0.2, 0.25) is 0 Å². The molecular weight excluding hydrogens is 334 g/mol. The van der Waals surface area contributed by atoms with E-state index in [0.717, 1.165) is 5.56 Å². The fourth-order valence-electron chi connectivity index (χ4n) is 2.17. The minimum Gasteiger partial charge on any atom is -0.507 e. The van der Waals surface area contributed by atoms with Crippen LogP contribution in [0.5, 0.6) is 5.75 Å². The Morgan fingerprint density at radius 2 is 1.92 bits per heavy atom. The molecule has 0 heterocycles. The lowest BCUT2D eigenvalue weighted by Crippen LogP contribution is -2.24. The zero-order valence-electron chi connectivity index (χ0n) is 14.5. The third-order valence-electron chi connectivity index (χ3n) is 3.54. The molecular formula is C20H21NO5. The van der Waals surface area contributed by atoms with E-state index in [1.54, 1.807) is 18.2 Å². The van der Waals surface area contributed by atoms with Crippen molar-refractivity contribution in [2.75, 3.05) is 13.7 Å². The molecule has 0 saturated carbocycles. The van der Waals surface area contributed by atoms with Gasteiger partial charge < -0.3 is 19.9 Å². The van der Waals surface area contributed by atoms with Crippen molar-refractivity contribution >= 4 is 18.1 Å². The number of ether oxygens (including phenoxy) is 2. The molecule has 0 fully saturated rings. The van der Waals surface area contributed by atoms with E-state index in [2.05, 4.69) is 10.1 Å². The van der Waals surface area contributed by atoms with E-state index in [1.807, 2.05) is 36.4 Å². The molecule has 1 amide bonds. The first-order valence-electron chi connectivity index (χ1n) is 8.12. The summed E-state index contributed by atoms with van der Waals surface area (Å²) in [6.07, 6.45) is 3.61. The van der Waals surface area contributed by atoms with Crippen LogP contribution in [0.15, 0.2) is 54.6 Å². The van der Waals surface area contributed by atoms with Gasteiger partial charge in [0.2, 0.25) is 0 Å². The number of aromatic hydroxyl groups is 1. The van der Waals surface area contributed by atoms with Gasteiger partial charge in [0.1, 0.15) is 12.4 Å². The highest BCUT2D eigenvalue weighted by atomic mass is 16.5. The average molecular weight is 355 g/mol. The van der Waals surface area contributed by atoms with Gasteiger partial charge in [-0.25, -0.2) is 9.59 Å². The van der Waals surface area contributed by atoms with Crippen molar-refractivity contribution in [1.82, 2.24) is 5.32 Å². The lowest BCUT2D eigenvalue weighted by molar-refractivity contribution is 0.0600. The molecule has 136 valence electrons. The first-order chi connectivity index (χ1) is 12.6. The smallest absolute Gasteiger partial charge is 0.407 e. The predicted molar refractivity (Wildman–Crippen MR) is 97.7 cm³/mol. The molecule has 2 rings (SSSR count). The van der Waals surface area contributed by atoms with Crippen molar-refractivity contribution in [3.8, 4) is 5.75 Å². The number of hydrogen-bond acceptors (Lipinski definition) is 5. The summed E-state index contributed by atoms with van der Waals surface area (Å²) in [6.45, 7) is 0.633. The van der Waals surface area contributed by atoms with E-state index in [-0.39, 0.29) is 17.9 Å². The molecule has 0 aliphatic carbocycles. The molecule has 0 atom stereocenters. The summed E-state index contributed by atoms with van der Waals surface area (Å²) in [5.74, 6) is -0.520. The minimum atomic E-state index is -0.506. The van der Waals surface area contributed by atoms with Crippen LogP contribution >= 0.6 is 0 Å². The zero-order chi connectivity index (χ0) is 18.8. The number of rotatable bonds is 7. The molecule has 0 spiro atoms. The van der Waals surface area contributed by atoms with Crippen molar-refractivity contribution in [3.63, 3.8) is 0 Å². The summed E-state index contributed by atoms with van der Waals surface area (Å²) >= 11 is 0. The van der Waals surface area contributed by atoms with Crippen LogP contribution in [0.3, 0.4) is 0 Å². The lowest BCUT2D eigenvalue weighted by Gasteiger charge is -2.06. The normalized spacial score (nSPS) is 10.5. The Morgan fingerprint density at radius 1 is 1.15 bits per heavy atom. The van der Waals surface area contributed by atoms with Crippen LogP contribution in [0, 0.1) is 0 Å². The van der Waals surface area contributed by atoms with E-state index < -0.39 is 12.1 Å². The van der Waals surface area contributed by atoms with Gasteiger partial charge in [0, 0.05) is 12.1 Å². The van der Waals surface area contributed by atoms with Crippen molar-refractivity contribution in [3.05, 3.63) is 71.3 Å². The highest BCUT2D eigenvalue weighted by Gasteiger charge is 2.07. The Hall–Kier alpha value is -3.28. The molecule has 0 aliphatic rings. The van der Waals surface area contributed by atoms with Gasteiger partial charge in [-0.1, -0.05) is 48.6 Å². The Balaban J connectivity index is 1.72. The molecule has 2 N–H and O–H groups in total. The second kappa shape index (κ2) is 9.88. The Labute approximate surface area is 152 Å². The van der Waals surface area contributed by atoms with Crippen LogP contribution < -0.4 is 5.32 Å². The van der Waals surface area contributed by atoms with Crippen LogP contribution in [-0.2, 0) is 16.1 Å². The minimum absolute atomic E-state index is 0.0145. The van der Waals surface area contributed by atoms with Crippen molar-refractivity contribution in [2.45, 2.75) is 13.0 Å². The van der Waals surface area contributed by atoms with Crippen LogP contribution in [0.25, 0.3) is 6.08 Å². The first-order valence-corrected chi connectivity index (χ1v) is 8.12. The summed E-state index contributed by atoms with van der Waals surface area (Å²) in [5.41, 5.74) is 1.78. The molecule has 2 aromatic rings. The molecule has 0 saturated heterocycles. The van der Waals surface area contributed by atoms with Crippen LogP contribution in [0.1, 0.15) is 27.9 Å². The van der Waals surface area contributed by atoms with Gasteiger partial charge in [-0.15, -0.1) is 0 Å². The third-order valence-corrected chi connectivity index (χ3v) is 3.54.